The van der Waals surface area contributed by atoms with E-state index in [9.17, 15) is 14.0 Å². The highest BCUT2D eigenvalue weighted by molar-refractivity contribution is 7.10. The van der Waals surface area contributed by atoms with Crippen molar-refractivity contribution in [3.05, 3.63) is 58.0 Å². The molecule has 1 atom stereocenters. The third-order valence-corrected chi connectivity index (χ3v) is 4.67. The molecule has 0 spiro atoms. The lowest BCUT2D eigenvalue weighted by Crippen LogP contribution is -2.40. The van der Waals surface area contributed by atoms with Crippen molar-refractivity contribution >= 4 is 23.3 Å². The lowest BCUT2D eigenvalue weighted by Gasteiger charge is -2.20. The molecule has 21 heavy (non-hydrogen) atoms. The summed E-state index contributed by atoms with van der Waals surface area (Å²) in [5.41, 5.74) is -0.757. The maximum atomic E-state index is 13.7. The first-order chi connectivity index (χ1) is 10.0. The maximum absolute atomic E-state index is 13.7. The lowest BCUT2D eigenvalue weighted by molar-refractivity contribution is -0.131. The van der Waals surface area contributed by atoms with Gasteiger partial charge in [0, 0.05) is 10.4 Å². The number of halogens is 1. The number of urea groups is 1. The molecule has 1 fully saturated rings. The second kappa shape index (κ2) is 4.96. The van der Waals surface area contributed by atoms with Gasteiger partial charge in [-0.1, -0.05) is 24.3 Å². The summed E-state index contributed by atoms with van der Waals surface area (Å²) < 4.78 is 13.7. The van der Waals surface area contributed by atoms with E-state index in [0.717, 1.165) is 9.78 Å². The second-order valence-corrected chi connectivity index (χ2v) is 5.96. The first-order valence-corrected chi connectivity index (χ1v) is 7.32. The van der Waals surface area contributed by atoms with Crippen molar-refractivity contribution in [2.45, 2.75) is 19.0 Å². The van der Waals surface area contributed by atoms with Crippen LogP contribution in [0.2, 0.25) is 0 Å². The van der Waals surface area contributed by atoms with Crippen LogP contribution in [0.1, 0.15) is 17.4 Å². The van der Waals surface area contributed by atoms with Gasteiger partial charge in [-0.3, -0.25) is 9.69 Å². The average molecular weight is 304 g/mol. The van der Waals surface area contributed by atoms with Crippen molar-refractivity contribution in [3.8, 4) is 0 Å². The Balaban J connectivity index is 1.90. The van der Waals surface area contributed by atoms with Crippen LogP contribution >= 0.6 is 11.3 Å². The van der Waals surface area contributed by atoms with E-state index in [1.54, 1.807) is 31.2 Å². The minimum atomic E-state index is -1.07. The molecule has 3 rings (SSSR count). The molecule has 1 saturated heterocycles. The zero-order valence-corrected chi connectivity index (χ0v) is 12.1. The smallest absolute Gasteiger partial charge is 0.319 e. The van der Waals surface area contributed by atoms with E-state index >= 15 is 0 Å². The molecular weight excluding hydrogens is 291 g/mol. The molecule has 4 nitrogen and oxygen atoms in total. The summed E-state index contributed by atoms with van der Waals surface area (Å²) in [6, 6.07) is 9.25. The molecular formula is C15H13FN2O2S. The van der Waals surface area contributed by atoms with Crippen LogP contribution in [0.4, 0.5) is 9.18 Å². The number of benzene rings is 1. The number of amides is 3. The summed E-state index contributed by atoms with van der Waals surface area (Å²) in [6.07, 6.45) is 0. The van der Waals surface area contributed by atoms with E-state index in [4.69, 9.17) is 0 Å². The summed E-state index contributed by atoms with van der Waals surface area (Å²) >= 11 is 1.40. The SMILES string of the molecule is C[C@]1(c2cccs2)NC(=O)N(Cc2ccccc2F)C1=O. The van der Waals surface area contributed by atoms with E-state index in [1.165, 1.54) is 17.4 Å². The maximum Gasteiger partial charge on any atom is 0.325 e. The minimum Gasteiger partial charge on any atom is -0.319 e. The van der Waals surface area contributed by atoms with Gasteiger partial charge in [0.15, 0.2) is 5.54 Å². The van der Waals surface area contributed by atoms with E-state index in [1.807, 2.05) is 11.4 Å². The lowest BCUT2D eigenvalue weighted by atomic mass is 10.0. The summed E-state index contributed by atoms with van der Waals surface area (Å²) in [5, 5.41) is 4.54. The summed E-state index contributed by atoms with van der Waals surface area (Å²) in [4.78, 5) is 26.5. The third kappa shape index (κ3) is 2.21. The van der Waals surface area contributed by atoms with Gasteiger partial charge in [0.05, 0.1) is 6.54 Å². The van der Waals surface area contributed by atoms with E-state index in [-0.39, 0.29) is 12.5 Å². The topological polar surface area (TPSA) is 49.4 Å². The van der Waals surface area contributed by atoms with Gasteiger partial charge in [-0.15, -0.1) is 11.3 Å². The molecule has 1 aromatic carbocycles. The average Bonchev–Trinajstić information content (AvgIpc) is 3.06. The quantitative estimate of drug-likeness (QED) is 0.887. The van der Waals surface area contributed by atoms with Gasteiger partial charge in [-0.05, 0) is 24.4 Å². The number of nitrogens with one attached hydrogen (secondary N) is 1. The Morgan fingerprint density at radius 2 is 2.00 bits per heavy atom. The zero-order valence-electron chi connectivity index (χ0n) is 11.3. The van der Waals surface area contributed by atoms with Crippen LogP contribution in [-0.4, -0.2) is 16.8 Å². The molecule has 0 aliphatic carbocycles. The van der Waals surface area contributed by atoms with Crippen molar-refractivity contribution in [2.24, 2.45) is 0 Å². The Morgan fingerprint density at radius 1 is 1.24 bits per heavy atom. The largest absolute Gasteiger partial charge is 0.325 e. The van der Waals surface area contributed by atoms with Crippen LogP contribution in [0.25, 0.3) is 0 Å². The summed E-state index contributed by atoms with van der Waals surface area (Å²) in [5.74, 6) is -0.791. The van der Waals surface area contributed by atoms with Gasteiger partial charge in [0.25, 0.3) is 5.91 Å². The molecule has 2 heterocycles. The van der Waals surface area contributed by atoms with E-state index in [0.29, 0.717) is 5.56 Å². The molecule has 2 aromatic rings. The molecule has 1 aromatic heterocycles. The first kappa shape index (κ1) is 13.8. The normalized spacial score (nSPS) is 21.7. The summed E-state index contributed by atoms with van der Waals surface area (Å²) in [6.45, 7) is 1.60. The molecule has 1 N–H and O–H groups in total. The fourth-order valence-corrected chi connectivity index (χ4v) is 3.20. The minimum absolute atomic E-state index is 0.0711. The Kier molecular flexibility index (Phi) is 3.25. The van der Waals surface area contributed by atoms with Crippen molar-refractivity contribution in [1.29, 1.82) is 0 Å². The molecule has 3 amide bonds. The molecule has 6 heteroatoms. The van der Waals surface area contributed by atoms with Crippen LogP contribution in [-0.2, 0) is 16.9 Å². The van der Waals surface area contributed by atoms with Crippen molar-refractivity contribution in [2.75, 3.05) is 0 Å². The van der Waals surface area contributed by atoms with E-state index in [2.05, 4.69) is 5.32 Å². The predicted octanol–water partition coefficient (Wildman–Crippen LogP) is 2.85. The Morgan fingerprint density at radius 3 is 2.67 bits per heavy atom. The number of carbonyl (C=O) groups is 2. The van der Waals surface area contributed by atoms with Crippen LogP contribution < -0.4 is 5.32 Å². The number of thiophene rings is 1. The Bertz CT molecular complexity index is 701. The molecule has 0 unspecified atom stereocenters. The number of imide groups is 1. The molecule has 1 aliphatic heterocycles. The zero-order chi connectivity index (χ0) is 15.0. The number of hydrogen-bond donors (Lipinski definition) is 1. The van der Waals surface area contributed by atoms with Crippen molar-refractivity contribution in [3.63, 3.8) is 0 Å². The van der Waals surface area contributed by atoms with E-state index < -0.39 is 17.4 Å². The number of nitrogens with zero attached hydrogens (tertiary/aromatic N) is 1. The second-order valence-electron chi connectivity index (χ2n) is 5.02. The van der Waals surface area contributed by atoms with Gasteiger partial charge in [-0.25, -0.2) is 9.18 Å². The third-order valence-electron chi connectivity index (χ3n) is 3.58. The number of hydrogen-bond acceptors (Lipinski definition) is 3. The van der Waals surface area contributed by atoms with Gasteiger partial charge < -0.3 is 5.32 Å². The van der Waals surface area contributed by atoms with Gasteiger partial charge in [0.1, 0.15) is 5.82 Å². The molecule has 108 valence electrons. The highest BCUT2D eigenvalue weighted by atomic mass is 32.1. The van der Waals surface area contributed by atoms with Crippen LogP contribution in [0.3, 0.4) is 0 Å². The van der Waals surface area contributed by atoms with Crippen LogP contribution in [0, 0.1) is 5.82 Å². The van der Waals surface area contributed by atoms with Gasteiger partial charge in [0.2, 0.25) is 0 Å². The standard InChI is InChI=1S/C15H13FN2O2S/c1-15(12-7-4-8-21-12)13(19)18(14(20)17-15)9-10-5-2-3-6-11(10)16/h2-8H,9H2,1H3,(H,17,20)/t15-/m1/s1. The Labute approximate surface area is 125 Å². The monoisotopic (exact) mass is 304 g/mol. The molecule has 1 aliphatic rings. The first-order valence-electron chi connectivity index (χ1n) is 6.44. The van der Waals surface area contributed by atoms with Crippen molar-refractivity contribution in [1.82, 2.24) is 10.2 Å². The fourth-order valence-electron chi connectivity index (χ4n) is 2.37. The Hall–Kier alpha value is -2.21. The van der Waals surface area contributed by atoms with Crippen molar-refractivity contribution < 1.29 is 14.0 Å². The summed E-state index contributed by atoms with van der Waals surface area (Å²) in [7, 11) is 0. The fraction of sp³-hybridized carbons (Fsp3) is 0.200. The highest BCUT2D eigenvalue weighted by Crippen LogP contribution is 2.32. The highest BCUT2D eigenvalue weighted by Gasteiger charge is 2.49. The predicted molar refractivity (Wildman–Crippen MR) is 77.2 cm³/mol. The number of carbonyl (C=O) groups excluding carboxylic acids is 2. The molecule has 0 radical (unpaired) electrons. The molecule has 0 bridgehead atoms. The van der Waals surface area contributed by atoms with Crippen LogP contribution in [0.5, 0.6) is 0 Å². The van der Waals surface area contributed by atoms with Gasteiger partial charge in [-0.2, -0.15) is 0 Å². The van der Waals surface area contributed by atoms with Crippen LogP contribution in [0.15, 0.2) is 41.8 Å². The van der Waals surface area contributed by atoms with Gasteiger partial charge >= 0.3 is 6.03 Å². The number of rotatable bonds is 3. The molecule has 0 saturated carbocycles.